The Morgan fingerprint density at radius 3 is 1.54 bits per heavy atom. The second-order valence-electron chi connectivity index (χ2n) is 18.1. The number of primary amides is 1. The maximum Gasteiger partial charge on any atom is 0.413 e. The minimum absolute atomic E-state index is 0.0636. The van der Waals surface area contributed by atoms with Gasteiger partial charge in [0.05, 0.1) is 16.7 Å². The van der Waals surface area contributed by atoms with Crippen molar-refractivity contribution in [3.05, 3.63) is 168 Å². The summed E-state index contributed by atoms with van der Waals surface area (Å²) in [5.41, 5.74) is 8.51. The lowest BCUT2D eigenvalue weighted by atomic mass is 9.84. The first-order valence-electron chi connectivity index (χ1n) is 22.3. The number of para-hydroxylation sites is 1. The molecular formula is C53H61N5O9S. The fraction of sp³-hybridized carbons (Fsp3) is 0.321. The number of alkyl carbamates (subject to hydrolysis) is 2. The molecule has 0 aliphatic carbocycles. The Hall–Kier alpha value is -7.13. The molecule has 5 rings (SSSR count). The molecule has 0 unspecified atom stereocenters. The van der Waals surface area contributed by atoms with Gasteiger partial charge in [-0.15, -0.1) is 11.8 Å². The molecule has 0 aromatic heterocycles. The Labute approximate surface area is 402 Å². The standard InChI is InChI=1S/C53H61N5O9S/c1-51(2,3)66-48(62)55-32-31-43(45(59)34-37(46(54)60)35-68-53(38-19-11-7-12-20-38,39-21-13-8-14-22-39)40-23-15-9-16-24-40)57-49(63)65-42-29-27-36(28-30-42)33-44(58-50(64)67-52(4,5)6)47(61)56-41-25-17-10-18-26-41/h7-30,37,43-44H,31-35H2,1-6H3,(H2,54,60)(H,55,62)(H,56,61)(H,57,63)(H,58,64)/t37-,43-,44-/m0/s1. The van der Waals surface area contributed by atoms with Crippen molar-refractivity contribution in [3.8, 4) is 5.75 Å². The highest BCUT2D eigenvalue weighted by atomic mass is 32.2. The maximum atomic E-state index is 14.3. The predicted octanol–water partition coefficient (Wildman–Crippen LogP) is 8.92. The number of ether oxygens (including phenoxy) is 3. The van der Waals surface area contributed by atoms with E-state index in [9.17, 15) is 28.8 Å². The molecule has 0 saturated heterocycles. The summed E-state index contributed by atoms with van der Waals surface area (Å²) in [5.74, 6) is -2.38. The Kier molecular flexibility index (Phi) is 18.3. The number of anilines is 1. The van der Waals surface area contributed by atoms with Crippen LogP contribution in [0, 0.1) is 5.92 Å². The molecule has 0 saturated carbocycles. The third-order valence-electron chi connectivity index (χ3n) is 10.3. The molecule has 6 N–H and O–H groups in total. The van der Waals surface area contributed by atoms with E-state index in [4.69, 9.17) is 19.9 Å². The Bertz CT molecular complexity index is 2350. The van der Waals surface area contributed by atoms with Crippen molar-refractivity contribution in [2.24, 2.45) is 11.7 Å². The molecular weight excluding hydrogens is 883 g/mol. The average Bonchev–Trinajstić information content (AvgIpc) is 3.29. The van der Waals surface area contributed by atoms with Crippen LogP contribution in [0.25, 0.3) is 0 Å². The van der Waals surface area contributed by atoms with Gasteiger partial charge in [-0.3, -0.25) is 14.4 Å². The van der Waals surface area contributed by atoms with Crippen molar-refractivity contribution in [1.29, 1.82) is 0 Å². The fourth-order valence-corrected chi connectivity index (χ4v) is 8.83. The van der Waals surface area contributed by atoms with Crippen LogP contribution in [0.5, 0.6) is 5.75 Å². The first-order valence-corrected chi connectivity index (χ1v) is 23.3. The van der Waals surface area contributed by atoms with Gasteiger partial charge in [0.2, 0.25) is 11.8 Å². The van der Waals surface area contributed by atoms with Gasteiger partial charge in [0.25, 0.3) is 0 Å². The molecule has 15 heteroatoms. The summed E-state index contributed by atoms with van der Waals surface area (Å²) >= 11 is 1.48. The Balaban J connectivity index is 1.32. The van der Waals surface area contributed by atoms with Gasteiger partial charge < -0.3 is 41.2 Å². The van der Waals surface area contributed by atoms with E-state index in [2.05, 4.69) is 21.3 Å². The first-order chi connectivity index (χ1) is 32.3. The smallest absolute Gasteiger partial charge is 0.413 e. The van der Waals surface area contributed by atoms with Gasteiger partial charge in [-0.2, -0.15) is 0 Å². The van der Waals surface area contributed by atoms with Crippen molar-refractivity contribution in [3.63, 3.8) is 0 Å². The third-order valence-corrected chi connectivity index (χ3v) is 12.0. The normalized spacial score (nSPS) is 12.9. The van der Waals surface area contributed by atoms with Crippen LogP contribution < -0.4 is 31.7 Å². The number of benzene rings is 5. The van der Waals surface area contributed by atoms with Gasteiger partial charge in [-0.05, 0) is 94.5 Å². The monoisotopic (exact) mass is 943 g/mol. The largest absolute Gasteiger partial charge is 0.444 e. The van der Waals surface area contributed by atoms with Crippen LogP contribution >= 0.6 is 11.8 Å². The zero-order chi connectivity index (χ0) is 49.3. The van der Waals surface area contributed by atoms with Gasteiger partial charge in [0, 0.05) is 30.8 Å². The second kappa shape index (κ2) is 24.1. The number of hydrogen-bond donors (Lipinski definition) is 5. The van der Waals surface area contributed by atoms with E-state index in [1.807, 2.05) is 97.1 Å². The number of thioether (sulfide) groups is 1. The zero-order valence-corrected chi connectivity index (χ0v) is 40.1. The fourth-order valence-electron chi connectivity index (χ4n) is 7.19. The molecule has 358 valence electrons. The van der Waals surface area contributed by atoms with E-state index < -0.39 is 69.8 Å². The van der Waals surface area contributed by atoms with Gasteiger partial charge in [0.1, 0.15) is 23.0 Å². The number of Topliss-reactive ketones (excluding diaryl/α,β-unsaturated/α-hetero) is 1. The molecule has 0 heterocycles. The molecule has 0 aliphatic rings. The Morgan fingerprint density at radius 1 is 0.588 bits per heavy atom. The quantitative estimate of drug-likeness (QED) is 0.0469. The van der Waals surface area contributed by atoms with E-state index >= 15 is 0 Å². The SMILES string of the molecule is CC(C)(C)OC(=O)NCC[C@H](NC(=O)Oc1ccc(C[C@H](NC(=O)OC(C)(C)C)C(=O)Nc2ccccc2)cc1)C(=O)C[C@@H](CSC(c1ccccc1)(c1ccccc1)c1ccccc1)C(N)=O. The van der Waals surface area contributed by atoms with Crippen molar-refractivity contribution >= 4 is 53.3 Å². The lowest BCUT2D eigenvalue weighted by Crippen LogP contribution is -2.47. The number of amides is 5. The molecule has 5 aromatic rings. The number of hydrogen-bond acceptors (Lipinski definition) is 10. The molecule has 0 fully saturated rings. The lowest BCUT2D eigenvalue weighted by molar-refractivity contribution is -0.127. The molecule has 3 atom stereocenters. The minimum atomic E-state index is -1.21. The van der Waals surface area contributed by atoms with E-state index in [1.165, 1.54) is 23.9 Å². The third kappa shape index (κ3) is 16.0. The predicted molar refractivity (Wildman–Crippen MR) is 264 cm³/mol. The summed E-state index contributed by atoms with van der Waals surface area (Å²) < 4.78 is 15.6. The van der Waals surface area contributed by atoms with Gasteiger partial charge >= 0.3 is 18.3 Å². The summed E-state index contributed by atoms with van der Waals surface area (Å²) in [6.45, 7) is 10.2. The summed E-state index contributed by atoms with van der Waals surface area (Å²) in [7, 11) is 0. The highest BCUT2D eigenvalue weighted by molar-refractivity contribution is 8.00. The zero-order valence-electron chi connectivity index (χ0n) is 39.3. The highest BCUT2D eigenvalue weighted by Crippen LogP contribution is 2.49. The number of nitrogens with two attached hydrogens (primary N) is 1. The maximum absolute atomic E-state index is 14.3. The van der Waals surface area contributed by atoms with Crippen LogP contribution in [0.4, 0.5) is 20.1 Å². The van der Waals surface area contributed by atoms with Gasteiger partial charge in [0.15, 0.2) is 5.78 Å². The molecule has 0 spiro atoms. The van der Waals surface area contributed by atoms with Crippen LogP contribution in [0.3, 0.4) is 0 Å². The number of carbonyl (C=O) groups is 6. The van der Waals surface area contributed by atoms with E-state index in [-0.39, 0.29) is 37.3 Å². The molecule has 0 radical (unpaired) electrons. The first kappa shape index (κ1) is 51.8. The number of rotatable bonds is 20. The Morgan fingerprint density at radius 2 is 1.06 bits per heavy atom. The van der Waals surface area contributed by atoms with Crippen molar-refractivity contribution in [2.75, 3.05) is 17.6 Å². The van der Waals surface area contributed by atoms with Crippen LogP contribution in [-0.2, 0) is 35.0 Å². The molecule has 14 nitrogen and oxygen atoms in total. The molecule has 0 bridgehead atoms. The number of nitrogens with one attached hydrogen (secondary N) is 4. The van der Waals surface area contributed by atoms with Gasteiger partial charge in [-0.1, -0.05) is 121 Å². The second-order valence-corrected chi connectivity index (χ2v) is 19.3. The van der Waals surface area contributed by atoms with Gasteiger partial charge in [-0.25, -0.2) is 14.4 Å². The lowest BCUT2D eigenvalue weighted by Gasteiger charge is -2.36. The average molecular weight is 944 g/mol. The van der Waals surface area contributed by atoms with Crippen LogP contribution in [0.2, 0.25) is 0 Å². The summed E-state index contributed by atoms with van der Waals surface area (Å²) in [4.78, 5) is 79.7. The van der Waals surface area contributed by atoms with Crippen LogP contribution in [-0.4, -0.2) is 71.5 Å². The molecule has 5 amide bonds. The van der Waals surface area contributed by atoms with Crippen molar-refractivity contribution < 1.29 is 43.0 Å². The van der Waals surface area contributed by atoms with E-state index in [0.29, 0.717) is 11.3 Å². The minimum Gasteiger partial charge on any atom is -0.444 e. The molecule has 5 aromatic carbocycles. The summed E-state index contributed by atoms with van der Waals surface area (Å²) in [5, 5.41) is 10.7. The van der Waals surface area contributed by atoms with Crippen LogP contribution in [0.1, 0.15) is 76.6 Å². The molecule has 0 aliphatic heterocycles. The highest BCUT2D eigenvalue weighted by Gasteiger charge is 2.39. The topological polar surface area (TPSA) is 204 Å². The number of ketones is 1. The van der Waals surface area contributed by atoms with Crippen LogP contribution in [0.15, 0.2) is 146 Å². The molecule has 68 heavy (non-hydrogen) atoms. The number of carbonyl (C=O) groups excluding carboxylic acids is 6. The van der Waals surface area contributed by atoms with Crippen molar-refractivity contribution in [2.45, 2.75) is 88.8 Å². The summed E-state index contributed by atoms with van der Waals surface area (Å²) in [6.07, 6.45) is -2.77. The summed E-state index contributed by atoms with van der Waals surface area (Å²) in [6, 6.07) is 42.5. The van der Waals surface area contributed by atoms with E-state index in [1.54, 1.807) is 77.9 Å². The van der Waals surface area contributed by atoms with E-state index in [0.717, 1.165) is 16.7 Å². The van der Waals surface area contributed by atoms with Crippen molar-refractivity contribution in [1.82, 2.24) is 16.0 Å².